The molecule has 0 radical (unpaired) electrons. The molecule has 0 saturated carbocycles. The Kier molecular flexibility index (Phi) is 38.7. The molecule has 0 spiro atoms. The molecule has 1 atom stereocenters. The number of nitrogens with one attached hydrogen (secondary N) is 3. The Morgan fingerprint density at radius 2 is 0.796 bits per heavy atom. The van der Waals surface area contributed by atoms with Gasteiger partial charge in [-0.2, -0.15) is 0 Å². The maximum absolute atomic E-state index is 11.7. The van der Waals surface area contributed by atoms with Gasteiger partial charge in [-0.3, -0.25) is 18.4 Å². The molecule has 3 N–H and O–H groups in total. The highest BCUT2D eigenvalue weighted by molar-refractivity contribution is 7.98. The minimum atomic E-state index is -3.18. The molecule has 98 heavy (non-hydrogen) atoms. The quantitative estimate of drug-likeness (QED) is 0.0505. The van der Waals surface area contributed by atoms with Gasteiger partial charge in [0.1, 0.15) is 29.5 Å². The maximum atomic E-state index is 11.7. The molecule has 1 aliphatic rings. The number of hydrogen-bond acceptors (Lipinski definition) is 13. The van der Waals surface area contributed by atoms with E-state index >= 15 is 0 Å². The number of nitrogens with zero attached hydrogens (tertiary/aromatic N) is 1. The van der Waals surface area contributed by atoms with Crippen LogP contribution in [0.3, 0.4) is 0 Å². The second-order valence-corrected chi connectivity index (χ2v) is 41.8. The zero-order valence-electron chi connectivity index (χ0n) is 61.8. The highest BCUT2D eigenvalue weighted by Crippen LogP contribution is 2.26. The molecule has 1 aliphatic heterocycles. The number of anilines is 3. The first-order valence-corrected chi connectivity index (χ1v) is 46.7. The van der Waals surface area contributed by atoms with Gasteiger partial charge in [0.2, 0.25) is 30.1 Å². The summed E-state index contributed by atoms with van der Waals surface area (Å²) in [6, 6.07) is 46.6. The first-order valence-electron chi connectivity index (χ1n) is 33.0. The minimum Gasteiger partial charge on any atom is -0.284 e. The molecule has 552 valence electrons. The topological polar surface area (TPSA) is 261 Å². The number of rotatable bonds is 23. The molecule has 6 aromatic rings. The van der Waals surface area contributed by atoms with Gasteiger partial charge in [0, 0.05) is 58.7 Å². The van der Waals surface area contributed by atoms with Crippen molar-refractivity contribution >= 4 is 92.2 Å². The van der Waals surface area contributed by atoms with E-state index in [1.54, 1.807) is 24.3 Å². The predicted octanol–water partition coefficient (Wildman–Crippen LogP) is 14.7. The fourth-order valence-electron chi connectivity index (χ4n) is 9.42. The number of hydrogen-bond donors (Lipinski definition) is 3. The van der Waals surface area contributed by atoms with Crippen molar-refractivity contribution in [3.8, 4) is 0 Å². The molecule has 1 fully saturated rings. The van der Waals surface area contributed by atoms with E-state index in [1.165, 1.54) is 41.0 Å². The summed E-state index contributed by atoms with van der Waals surface area (Å²) in [4.78, 5) is 0. The Hall–Kier alpha value is -5.60. The van der Waals surface area contributed by atoms with Crippen LogP contribution in [0.1, 0.15) is 189 Å². The van der Waals surface area contributed by atoms with Crippen LogP contribution in [0.25, 0.3) is 0 Å². The van der Waals surface area contributed by atoms with Crippen molar-refractivity contribution in [3.63, 3.8) is 0 Å². The van der Waals surface area contributed by atoms with E-state index in [0.29, 0.717) is 77.7 Å². The van der Waals surface area contributed by atoms with Gasteiger partial charge in [0.25, 0.3) is 0 Å². The van der Waals surface area contributed by atoms with Gasteiger partial charge < -0.3 is 0 Å². The highest BCUT2D eigenvalue weighted by atomic mass is 32.2. The minimum absolute atomic E-state index is 0.230. The Balaban J connectivity index is 0.000000573. The average molecular weight is 1490 g/mol. The van der Waals surface area contributed by atoms with Gasteiger partial charge in [-0.25, -0.2) is 54.8 Å². The summed E-state index contributed by atoms with van der Waals surface area (Å²) in [5.41, 5.74) is 12.4. The number of sulfone groups is 3. The molecule has 24 heteroatoms. The van der Waals surface area contributed by atoms with Crippen LogP contribution in [-0.2, 0) is 88.6 Å². The summed E-state index contributed by atoms with van der Waals surface area (Å²) >= 11 is 0. The lowest BCUT2D eigenvalue weighted by molar-refractivity contribution is 0.409. The maximum Gasteiger partial charge on any atom is 0.229 e. The van der Waals surface area contributed by atoms with Crippen LogP contribution in [0, 0.1) is 5.92 Å². The van der Waals surface area contributed by atoms with Gasteiger partial charge in [-0.15, -0.1) is 0 Å². The Morgan fingerprint density at radius 1 is 0.398 bits per heavy atom. The molecule has 7 rings (SSSR count). The van der Waals surface area contributed by atoms with Crippen molar-refractivity contribution in [2.75, 3.05) is 87.8 Å². The fourth-order valence-corrected chi connectivity index (χ4v) is 14.8. The molecule has 1 unspecified atom stereocenters. The van der Waals surface area contributed by atoms with Crippen LogP contribution < -0.4 is 14.2 Å². The number of benzene rings is 6. The SMILES string of the molecule is C=S1(=O)CCCN1CC(C)C.CC(C)c1ccc(CCS(C)(=O)=O)cc1.CC(C)c1ccc(NS(C)(=O)=O)cc1.CC(C)c1cccc(CCS(C)(=O)=O)c1.CC(C)c1cccc(NS(C)(=O)=O)c1.CC(C)c1ccccc1CCS(C)(=O)=O.CC(C)c1ccccc1NS(C)(=O)=O. The molecule has 1 saturated heterocycles. The molecule has 0 aromatic heterocycles. The zero-order valence-corrected chi connectivity index (χ0v) is 67.5. The van der Waals surface area contributed by atoms with E-state index in [0.717, 1.165) is 71.8 Å². The zero-order chi connectivity index (χ0) is 75.2. The second-order valence-electron chi connectivity index (χ2n) is 27.3. The van der Waals surface area contributed by atoms with Gasteiger partial charge in [-0.05, 0) is 153 Å². The van der Waals surface area contributed by atoms with Gasteiger partial charge in [0.15, 0.2) is 0 Å². The van der Waals surface area contributed by atoms with Crippen LogP contribution in [0.4, 0.5) is 17.1 Å². The molecule has 1 heterocycles. The van der Waals surface area contributed by atoms with E-state index < -0.39 is 69.3 Å². The van der Waals surface area contributed by atoms with E-state index in [-0.39, 0.29) is 17.3 Å². The van der Waals surface area contributed by atoms with Crippen LogP contribution in [0.2, 0.25) is 0 Å². The lowest BCUT2D eigenvalue weighted by Gasteiger charge is -2.19. The summed E-state index contributed by atoms with van der Waals surface area (Å²) < 4.78 is 153. The fraction of sp³-hybridized carbons (Fsp3) is 0.500. The normalized spacial score (nSPS) is 14.3. The highest BCUT2D eigenvalue weighted by Gasteiger charge is 2.23. The van der Waals surface area contributed by atoms with E-state index in [9.17, 15) is 54.7 Å². The summed E-state index contributed by atoms with van der Waals surface area (Å²) in [5.74, 6) is 8.46. The van der Waals surface area contributed by atoms with Gasteiger partial charge in [0.05, 0.1) is 41.7 Å². The third kappa shape index (κ3) is 42.5. The second kappa shape index (κ2) is 42.0. The van der Waals surface area contributed by atoms with Crippen LogP contribution in [0.5, 0.6) is 0 Å². The molecule has 0 aliphatic carbocycles. The third-order valence-corrected chi connectivity index (χ3v) is 21.6. The van der Waals surface area contributed by atoms with Crippen molar-refractivity contribution in [3.05, 3.63) is 196 Å². The largest absolute Gasteiger partial charge is 0.284 e. The first-order chi connectivity index (χ1) is 44.9. The van der Waals surface area contributed by atoms with Gasteiger partial charge >= 0.3 is 0 Å². The Bertz CT molecular complexity index is 4190. The van der Waals surface area contributed by atoms with Crippen LogP contribution in [0.15, 0.2) is 146 Å². The van der Waals surface area contributed by atoms with Crippen molar-refractivity contribution in [2.24, 2.45) is 5.92 Å². The first kappa shape index (κ1) is 90.4. The predicted molar refractivity (Wildman–Crippen MR) is 420 cm³/mol. The summed E-state index contributed by atoms with van der Waals surface area (Å²) in [7, 11) is -19.9. The third-order valence-electron chi connectivity index (χ3n) is 14.7. The lowest BCUT2D eigenvalue weighted by Crippen LogP contribution is -2.29. The number of sulfonamides is 3. The summed E-state index contributed by atoms with van der Waals surface area (Å²) in [6.07, 6.45) is 10.2. The van der Waals surface area contributed by atoms with Crippen molar-refractivity contribution < 1.29 is 54.7 Å². The number of para-hydroxylation sites is 1. The van der Waals surface area contributed by atoms with E-state index in [4.69, 9.17) is 0 Å². The van der Waals surface area contributed by atoms with Crippen molar-refractivity contribution in [1.29, 1.82) is 0 Å². The molecular formula is C74H116N4O13S7. The van der Waals surface area contributed by atoms with Crippen LogP contribution >= 0.6 is 0 Å². The molecule has 0 bridgehead atoms. The monoisotopic (exact) mass is 1490 g/mol. The Morgan fingerprint density at radius 3 is 1.21 bits per heavy atom. The molecule has 17 nitrogen and oxygen atoms in total. The molecular weight excluding hydrogens is 1380 g/mol. The van der Waals surface area contributed by atoms with Gasteiger partial charge in [-0.1, -0.05) is 212 Å². The van der Waals surface area contributed by atoms with Crippen LogP contribution in [-0.4, -0.2) is 139 Å². The summed E-state index contributed by atoms with van der Waals surface area (Å²) in [6.45, 7) is 31.4. The van der Waals surface area contributed by atoms with Crippen molar-refractivity contribution in [2.45, 2.75) is 158 Å². The smallest absolute Gasteiger partial charge is 0.229 e. The number of aryl methyl sites for hydroxylation is 3. The van der Waals surface area contributed by atoms with E-state index in [1.807, 2.05) is 109 Å². The molecule has 0 amide bonds. The van der Waals surface area contributed by atoms with E-state index in [2.05, 4.69) is 133 Å². The molecule has 6 aromatic carbocycles. The average Bonchev–Trinajstić information content (AvgIpc) is 1.37. The Labute approximate surface area is 594 Å². The standard InChI is InChI=1S/3C12H18O2S.3C10H15NO2S.C8H17NOS/c1-10(2)12-6-4-11(5-7-12)8-9-15(3,13)14;1-10(2)12-6-4-5-11(9-12)7-8-15(3,13)14;1-10(2)12-7-5-4-6-11(12)8-9-15(3,13)14;1-8(2)9-4-6-10(7-5-9)11-14(3,12)13;1-8(2)9-5-4-6-10(7-9)11-14(3,12)13;1-8(2)9-6-4-5-7-10(9)11-14(3,12)13;1-8(2)7-9-5-4-6-11(9,3)10/h4-7,10H,8-9H2,1-3H3;4-6,9-10H,7-8H2,1-3H3;4-7,10H,8-9H2,1-3H3;3*4-8,11H,1-3H3;8H,3-7H2,1-2H3. The lowest BCUT2D eigenvalue weighted by atomic mass is 9.96. The van der Waals surface area contributed by atoms with Crippen molar-refractivity contribution in [1.82, 2.24) is 4.31 Å². The summed E-state index contributed by atoms with van der Waals surface area (Å²) in [5, 5.41) is 0.